The van der Waals surface area contributed by atoms with Crippen LogP contribution in [-0.2, 0) is 4.79 Å². The summed E-state index contributed by atoms with van der Waals surface area (Å²) < 4.78 is 0. The highest BCUT2D eigenvalue weighted by Crippen LogP contribution is 2.21. The van der Waals surface area contributed by atoms with Crippen molar-refractivity contribution in [3.8, 4) is 0 Å². The van der Waals surface area contributed by atoms with Gasteiger partial charge in [0, 0.05) is 13.1 Å². The molecule has 0 radical (unpaired) electrons. The summed E-state index contributed by atoms with van der Waals surface area (Å²) in [6.07, 6.45) is 2.50. The van der Waals surface area contributed by atoms with Gasteiger partial charge < -0.3 is 9.80 Å². The molecule has 0 saturated carbocycles. The Morgan fingerprint density at radius 2 is 2.18 bits per heavy atom. The van der Waals surface area contributed by atoms with Gasteiger partial charge in [-0.25, -0.2) is 0 Å². The number of nitrogens with zero attached hydrogens (tertiary/aromatic N) is 2. The Kier molecular flexibility index (Phi) is 4.05. The highest BCUT2D eigenvalue weighted by molar-refractivity contribution is 5.83. The Labute approximate surface area is 104 Å². The van der Waals surface area contributed by atoms with Gasteiger partial charge in [0.1, 0.15) is 0 Å². The standard InChI is InChI=1S/C13H25N3O/c1-4-12-14-10(3)13(17)16(12)9-11-6-7-15(5-2)8-11/h10-12,14H,4-9H2,1-3H3. The fourth-order valence-corrected chi connectivity index (χ4v) is 3.03. The molecular formula is C13H25N3O. The molecule has 2 saturated heterocycles. The molecule has 0 spiro atoms. The van der Waals surface area contributed by atoms with E-state index in [1.807, 2.05) is 6.92 Å². The van der Waals surface area contributed by atoms with E-state index in [2.05, 4.69) is 29.0 Å². The zero-order valence-electron chi connectivity index (χ0n) is 11.3. The molecule has 0 bridgehead atoms. The largest absolute Gasteiger partial charge is 0.325 e. The number of carbonyl (C=O) groups is 1. The molecule has 0 aromatic carbocycles. The Morgan fingerprint density at radius 1 is 1.41 bits per heavy atom. The molecule has 3 unspecified atom stereocenters. The summed E-state index contributed by atoms with van der Waals surface area (Å²) in [7, 11) is 0. The van der Waals surface area contributed by atoms with E-state index in [0.717, 1.165) is 26.1 Å². The van der Waals surface area contributed by atoms with Crippen molar-refractivity contribution in [1.82, 2.24) is 15.1 Å². The van der Waals surface area contributed by atoms with Crippen LogP contribution in [0.3, 0.4) is 0 Å². The highest BCUT2D eigenvalue weighted by atomic mass is 16.2. The molecule has 0 aromatic rings. The number of amides is 1. The third-order valence-electron chi connectivity index (χ3n) is 4.13. The van der Waals surface area contributed by atoms with Crippen LogP contribution in [0.4, 0.5) is 0 Å². The second-order valence-electron chi connectivity index (χ2n) is 5.35. The lowest BCUT2D eigenvalue weighted by Gasteiger charge is -2.26. The van der Waals surface area contributed by atoms with Crippen molar-refractivity contribution in [2.75, 3.05) is 26.2 Å². The molecule has 2 aliphatic rings. The summed E-state index contributed by atoms with van der Waals surface area (Å²) >= 11 is 0. The number of nitrogens with one attached hydrogen (secondary N) is 1. The van der Waals surface area contributed by atoms with Crippen molar-refractivity contribution in [2.24, 2.45) is 5.92 Å². The molecule has 17 heavy (non-hydrogen) atoms. The maximum absolute atomic E-state index is 12.1. The Morgan fingerprint density at radius 3 is 2.76 bits per heavy atom. The molecule has 4 heteroatoms. The predicted molar refractivity (Wildman–Crippen MR) is 68.6 cm³/mol. The van der Waals surface area contributed by atoms with Crippen molar-refractivity contribution in [2.45, 2.75) is 45.8 Å². The van der Waals surface area contributed by atoms with Crippen LogP contribution in [0.15, 0.2) is 0 Å². The first kappa shape index (κ1) is 12.8. The summed E-state index contributed by atoms with van der Waals surface area (Å²) in [6, 6.07) is 0.00336. The first-order chi connectivity index (χ1) is 8.15. The fourth-order valence-electron chi connectivity index (χ4n) is 3.03. The van der Waals surface area contributed by atoms with Crippen LogP contribution < -0.4 is 5.32 Å². The van der Waals surface area contributed by atoms with Crippen molar-refractivity contribution in [3.05, 3.63) is 0 Å². The third kappa shape index (κ3) is 2.63. The second-order valence-corrected chi connectivity index (χ2v) is 5.35. The van der Waals surface area contributed by atoms with E-state index in [1.54, 1.807) is 0 Å². The molecule has 1 N–H and O–H groups in total. The SMILES string of the molecule is CCC1NC(C)C(=O)N1CC1CCN(CC)C1. The third-order valence-corrected chi connectivity index (χ3v) is 4.13. The van der Waals surface area contributed by atoms with Gasteiger partial charge in [-0.3, -0.25) is 10.1 Å². The minimum Gasteiger partial charge on any atom is -0.325 e. The van der Waals surface area contributed by atoms with Crippen molar-refractivity contribution < 1.29 is 4.79 Å². The average molecular weight is 239 g/mol. The van der Waals surface area contributed by atoms with Crippen LogP contribution in [0.5, 0.6) is 0 Å². The first-order valence-electron chi connectivity index (χ1n) is 6.94. The number of carbonyl (C=O) groups excluding carboxylic acids is 1. The van der Waals surface area contributed by atoms with Gasteiger partial charge in [0.15, 0.2) is 0 Å². The molecule has 0 aromatic heterocycles. The van der Waals surface area contributed by atoms with E-state index >= 15 is 0 Å². The van der Waals surface area contributed by atoms with E-state index in [1.165, 1.54) is 13.0 Å². The summed E-state index contributed by atoms with van der Waals surface area (Å²) in [5.74, 6) is 0.951. The van der Waals surface area contributed by atoms with Gasteiger partial charge in [-0.2, -0.15) is 0 Å². The molecule has 2 heterocycles. The van der Waals surface area contributed by atoms with E-state index in [-0.39, 0.29) is 18.1 Å². The minimum absolute atomic E-state index is 0.00336. The molecule has 4 nitrogen and oxygen atoms in total. The summed E-state index contributed by atoms with van der Waals surface area (Å²) in [4.78, 5) is 16.6. The molecule has 2 rings (SSSR count). The Hall–Kier alpha value is -0.610. The quantitative estimate of drug-likeness (QED) is 0.791. The monoisotopic (exact) mass is 239 g/mol. The summed E-state index contributed by atoms with van der Waals surface area (Å²) in [5.41, 5.74) is 0. The normalized spacial score (nSPS) is 34.9. The minimum atomic E-state index is 0.00336. The van der Waals surface area contributed by atoms with Crippen LogP contribution in [0.1, 0.15) is 33.6 Å². The maximum atomic E-state index is 12.1. The van der Waals surface area contributed by atoms with Crippen LogP contribution in [0.2, 0.25) is 0 Å². The van der Waals surface area contributed by atoms with E-state index in [4.69, 9.17) is 0 Å². The molecule has 2 aliphatic heterocycles. The van der Waals surface area contributed by atoms with E-state index in [9.17, 15) is 4.79 Å². The lowest BCUT2D eigenvalue weighted by molar-refractivity contribution is -0.130. The van der Waals surface area contributed by atoms with Gasteiger partial charge in [-0.05, 0) is 38.8 Å². The van der Waals surface area contributed by atoms with E-state index < -0.39 is 0 Å². The Balaban J connectivity index is 1.91. The van der Waals surface area contributed by atoms with Crippen LogP contribution >= 0.6 is 0 Å². The van der Waals surface area contributed by atoms with Crippen molar-refractivity contribution >= 4 is 5.91 Å². The smallest absolute Gasteiger partial charge is 0.240 e. The van der Waals surface area contributed by atoms with Gasteiger partial charge in [-0.15, -0.1) is 0 Å². The topological polar surface area (TPSA) is 35.6 Å². The molecule has 1 amide bonds. The molecule has 2 fully saturated rings. The van der Waals surface area contributed by atoms with Crippen LogP contribution in [-0.4, -0.2) is 54.1 Å². The lowest BCUT2D eigenvalue weighted by Crippen LogP contribution is -2.40. The molecule has 98 valence electrons. The van der Waals surface area contributed by atoms with Crippen LogP contribution in [0, 0.1) is 5.92 Å². The van der Waals surface area contributed by atoms with Gasteiger partial charge >= 0.3 is 0 Å². The van der Waals surface area contributed by atoms with Crippen LogP contribution in [0.25, 0.3) is 0 Å². The van der Waals surface area contributed by atoms with Gasteiger partial charge in [0.25, 0.3) is 0 Å². The Bertz CT molecular complexity index is 282. The number of hydrogen-bond donors (Lipinski definition) is 1. The zero-order valence-corrected chi connectivity index (χ0v) is 11.3. The lowest BCUT2D eigenvalue weighted by atomic mass is 10.1. The summed E-state index contributed by atoms with van der Waals surface area (Å²) in [5, 5.41) is 3.37. The molecular weight excluding hydrogens is 214 g/mol. The summed E-state index contributed by atoms with van der Waals surface area (Å²) in [6.45, 7) is 10.7. The predicted octanol–water partition coefficient (Wildman–Crippen LogP) is 0.885. The van der Waals surface area contributed by atoms with Gasteiger partial charge in [0.2, 0.25) is 5.91 Å². The van der Waals surface area contributed by atoms with Crippen molar-refractivity contribution in [1.29, 1.82) is 0 Å². The first-order valence-corrected chi connectivity index (χ1v) is 6.94. The maximum Gasteiger partial charge on any atom is 0.240 e. The second kappa shape index (κ2) is 5.36. The highest BCUT2D eigenvalue weighted by Gasteiger charge is 2.37. The van der Waals surface area contributed by atoms with E-state index in [0.29, 0.717) is 5.92 Å². The molecule has 0 aliphatic carbocycles. The van der Waals surface area contributed by atoms with Crippen molar-refractivity contribution in [3.63, 3.8) is 0 Å². The fraction of sp³-hybridized carbons (Fsp3) is 0.923. The average Bonchev–Trinajstić information content (AvgIpc) is 2.89. The zero-order chi connectivity index (χ0) is 12.4. The number of likely N-dealkylation sites (tertiary alicyclic amines) is 1. The van der Waals surface area contributed by atoms with Gasteiger partial charge in [0.05, 0.1) is 12.2 Å². The number of hydrogen-bond acceptors (Lipinski definition) is 3. The number of rotatable bonds is 4. The molecule has 3 atom stereocenters. The van der Waals surface area contributed by atoms with Gasteiger partial charge in [-0.1, -0.05) is 13.8 Å².